The Hall–Kier alpha value is -2.45. The SMILES string of the molecule is [C-]#[O+].[C-]#[O+].[CH]1C=CC=C1.[Fe].c1ccc2c(c1)N[PH]1(Nc3ccccc3O1)O2. The van der Waals surface area contributed by atoms with Crippen molar-refractivity contribution in [2.45, 2.75) is 0 Å². The van der Waals surface area contributed by atoms with E-state index in [1.807, 2.05) is 79.3 Å². The van der Waals surface area contributed by atoms with Gasteiger partial charge in [-0.05, 0) is 0 Å². The van der Waals surface area contributed by atoms with Gasteiger partial charge in [0.15, 0.2) is 0 Å². The number of allylic oxidation sites excluding steroid dienone is 4. The summed E-state index contributed by atoms with van der Waals surface area (Å²) < 4.78 is 26.9. The van der Waals surface area contributed by atoms with E-state index in [-0.39, 0.29) is 17.1 Å². The molecule has 139 valence electrons. The van der Waals surface area contributed by atoms with Crippen molar-refractivity contribution < 1.29 is 35.4 Å². The summed E-state index contributed by atoms with van der Waals surface area (Å²) in [7, 11) is -2.58. The molecule has 0 aromatic heterocycles. The van der Waals surface area contributed by atoms with Gasteiger partial charge in [0, 0.05) is 23.5 Å². The molecule has 8 heteroatoms. The van der Waals surface area contributed by atoms with E-state index in [1.54, 1.807) is 0 Å². The van der Waals surface area contributed by atoms with E-state index < -0.39 is 8.02 Å². The van der Waals surface area contributed by atoms with Gasteiger partial charge in [0.05, 0.1) is 0 Å². The van der Waals surface area contributed by atoms with Crippen LogP contribution in [0.1, 0.15) is 0 Å². The number of nitrogens with one attached hydrogen (secondary N) is 2. The molecule has 0 saturated carbocycles. The first-order valence-electron chi connectivity index (χ1n) is 7.55. The van der Waals surface area contributed by atoms with Gasteiger partial charge >= 0.3 is 121 Å². The van der Waals surface area contributed by atoms with Gasteiger partial charge in [0.25, 0.3) is 0 Å². The minimum absolute atomic E-state index is 0. The molecule has 0 bridgehead atoms. The Balaban J connectivity index is 0.000000311. The number of anilines is 2. The molecule has 1 aliphatic carbocycles. The first-order valence-corrected chi connectivity index (χ1v) is 9.36. The van der Waals surface area contributed by atoms with E-state index in [1.165, 1.54) is 0 Å². The minimum atomic E-state index is -2.58. The van der Waals surface area contributed by atoms with E-state index in [4.69, 9.17) is 18.4 Å². The number of benzene rings is 2. The summed E-state index contributed by atoms with van der Waals surface area (Å²) in [6.07, 6.45) is 10.0. The monoisotopic (exact) mass is 423 g/mol. The molecule has 0 unspecified atom stereocenters. The van der Waals surface area contributed by atoms with Crippen LogP contribution in [0.3, 0.4) is 0 Å². The summed E-state index contributed by atoms with van der Waals surface area (Å²) in [4.78, 5) is 0. The van der Waals surface area contributed by atoms with Crippen LogP contribution in [0.25, 0.3) is 0 Å². The van der Waals surface area contributed by atoms with Gasteiger partial charge in [0.1, 0.15) is 0 Å². The second kappa shape index (κ2) is 11.3. The predicted octanol–water partition coefficient (Wildman–Crippen LogP) is 4.64. The van der Waals surface area contributed by atoms with Crippen LogP contribution in [-0.2, 0) is 26.4 Å². The fraction of sp³-hybridized carbons (Fsp3) is 0. The van der Waals surface area contributed by atoms with Crippen LogP contribution >= 0.6 is 8.02 Å². The molecule has 2 N–H and O–H groups in total. The molecule has 1 spiro atoms. The molecule has 27 heavy (non-hydrogen) atoms. The average Bonchev–Trinajstić information content (AvgIpc) is 3.44. The van der Waals surface area contributed by atoms with Gasteiger partial charge in [-0.3, -0.25) is 0 Å². The zero-order valence-electron chi connectivity index (χ0n) is 14.0. The van der Waals surface area contributed by atoms with E-state index in [9.17, 15) is 0 Å². The van der Waals surface area contributed by atoms with Gasteiger partial charge in [-0.25, -0.2) is 0 Å². The number of hydrogen-bond donors (Lipinski definition) is 2. The number of fused-ring (bicyclic) bond motifs is 2. The third-order valence-corrected chi connectivity index (χ3v) is 5.65. The van der Waals surface area contributed by atoms with Crippen LogP contribution in [0.5, 0.6) is 11.5 Å². The molecule has 0 saturated heterocycles. The van der Waals surface area contributed by atoms with Gasteiger partial charge in [0.2, 0.25) is 0 Å². The number of rotatable bonds is 0. The second-order valence-corrected chi connectivity index (χ2v) is 7.17. The van der Waals surface area contributed by atoms with Gasteiger partial charge < -0.3 is 0 Å². The van der Waals surface area contributed by atoms with Crippen LogP contribution in [0.2, 0.25) is 0 Å². The standard InChI is InChI=1S/C12H11N2O2P.C5H5.2CO.Fe/c1-3-7-11-9(5-1)13-17(15-11)14-10-6-2-4-8-12(10)16-17;1-2-4-5-3-1;2*1-2;/h1-8,13-14,17H;1-5H;;;. The summed E-state index contributed by atoms with van der Waals surface area (Å²) >= 11 is 0. The average molecular weight is 423 g/mol. The molecular formula is C19H16FeN2O4P. The summed E-state index contributed by atoms with van der Waals surface area (Å²) in [6, 6.07) is 15.7. The van der Waals surface area contributed by atoms with Crippen LogP contribution < -0.4 is 19.2 Å². The third kappa shape index (κ3) is 5.51. The molecule has 2 heterocycles. The summed E-state index contributed by atoms with van der Waals surface area (Å²) in [5.74, 6) is 1.69. The topological polar surface area (TPSA) is 82.3 Å². The molecule has 0 atom stereocenters. The number of hydrogen-bond acceptors (Lipinski definition) is 4. The van der Waals surface area contributed by atoms with Crippen molar-refractivity contribution in [3.05, 3.63) is 92.6 Å². The molecular weight excluding hydrogens is 407 g/mol. The van der Waals surface area contributed by atoms with Crippen LogP contribution in [0, 0.1) is 19.7 Å². The Kier molecular flexibility index (Phi) is 9.46. The van der Waals surface area contributed by atoms with Gasteiger partial charge in [-0.15, -0.1) is 0 Å². The van der Waals surface area contributed by atoms with Crippen molar-refractivity contribution in [1.82, 2.24) is 0 Å². The summed E-state index contributed by atoms with van der Waals surface area (Å²) in [5, 5.41) is 6.68. The van der Waals surface area contributed by atoms with Gasteiger partial charge in [-0.2, -0.15) is 0 Å². The molecule has 2 aromatic rings. The maximum atomic E-state index is 7.50. The van der Waals surface area contributed by atoms with E-state index in [2.05, 4.69) is 23.5 Å². The molecule has 3 aliphatic rings. The molecule has 2 aromatic carbocycles. The van der Waals surface area contributed by atoms with Crippen molar-refractivity contribution in [2.24, 2.45) is 0 Å². The van der Waals surface area contributed by atoms with Crippen molar-refractivity contribution in [3.63, 3.8) is 0 Å². The molecule has 0 amide bonds. The molecule has 1 radical (unpaired) electrons. The first kappa shape index (κ1) is 22.6. The third-order valence-electron chi connectivity index (χ3n) is 3.44. The zero-order chi connectivity index (χ0) is 18.8. The predicted molar refractivity (Wildman–Crippen MR) is 100 cm³/mol. The van der Waals surface area contributed by atoms with Crippen molar-refractivity contribution in [3.8, 4) is 11.5 Å². The Morgan fingerprint density at radius 3 is 1.41 bits per heavy atom. The molecule has 6 nitrogen and oxygen atoms in total. The van der Waals surface area contributed by atoms with Crippen LogP contribution in [0.15, 0.2) is 72.8 Å². The Bertz CT molecular complexity index is 729. The fourth-order valence-corrected chi connectivity index (χ4v) is 4.86. The maximum absolute atomic E-state index is 7.50. The molecule has 0 fully saturated rings. The van der Waals surface area contributed by atoms with Crippen molar-refractivity contribution in [1.29, 1.82) is 0 Å². The van der Waals surface area contributed by atoms with Crippen LogP contribution in [-0.4, -0.2) is 0 Å². The Morgan fingerprint density at radius 1 is 0.667 bits per heavy atom. The fourth-order valence-electron chi connectivity index (χ4n) is 2.46. The molecule has 5 rings (SSSR count). The Labute approximate surface area is 169 Å². The second-order valence-electron chi connectivity index (χ2n) is 5.03. The van der Waals surface area contributed by atoms with E-state index in [0.29, 0.717) is 0 Å². The molecule has 2 aliphatic heterocycles. The van der Waals surface area contributed by atoms with Crippen LogP contribution in [0.4, 0.5) is 11.4 Å². The zero-order valence-corrected chi connectivity index (χ0v) is 16.1. The normalized spacial score (nSPS) is 15.6. The van der Waals surface area contributed by atoms with E-state index in [0.717, 1.165) is 22.9 Å². The van der Waals surface area contributed by atoms with Crippen molar-refractivity contribution >= 4 is 19.4 Å². The Morgan fingerprint density at radius 2 is 1.07 bits per heavy atom. The van der Waals surface area contributed by atoms with Crippen molar-refractivity contribution in [2.75, 3.05) is 10.2 Å². The first-order chi connectivity index (χ1) is 12.8. The quantitative estimate of drug-likeness (QED) is 0.280. The number of para-hydroxylation sites is 4. The summed E-state index contributed by atoms with van der Waals surface area (Å²) in [5.41, 5.74) is 1.97. The summed E-state index contributed by atoms with van der Waals surface area (Å²) in [6.45, 7) is 9.00. The van der Waals surface area contributed by atoms with E-state index >= 15 is 0 Å². The van der Waals surface area contributed by atoms with Gasteiger partial charge in [-0.1, -0.05) is 24.3 Å².